The SMILES string of the molecule is CCCCCCCCC1(C#N)CCC(c2ccc(-c3ccccc3)cc2)CC1. The lowest BCUT2D eigenvalue weighted by atomic mass is 9.67. The second kappa shape index (κ2) is 10.5. The van der Waals surface area contributed by atoms with Crippen molar-refractivity contribution in [1.29, 1.82) is 5.26 Å². The van der Waals surface area contributed by atoms with E-state index >= 15 is 0 Å². The predicted octanol–water partition coefficient (Wildman–Crippen LogP) is 8.27. The topological polar surface area (TPSA) is 23.8 Å². The minimum atomic E-state index is -0.0504. The molecule has 0 atom stereocenters. The summed E-state index contributed by atoms with van der Waals surface area (Å²) in [6.45, 7) is 2.26. The third-order valence-corrected chi connectivity index (χ3v) is 6.68. The molecule has 0 aromatic heterocycles. The van der Waals surface area contributed by atoms with Crippen molar-refractivity contribution < 1.29 is 0 Å². The summed E-state index contributed by atoms with van der Waals surface area (Å²) >= 11 is 0. The number of nitriles is 1. The summed E-state index contributed by atoms with van der Waals surface area (Å²) in [6.07, 6.45) is 13.5. The molecule has 1 heteroatoms. The molecule has 1 nitrogen and oxygen atoms in total. The first-order valence-electron chi connectivity index (χ1n) is 11.3. The van der Waals surface area contributed by atoms with Crippen LogP contribution in [0, 0.1) is 16.7 Å². The Morgan fingerprint density at radius 3 is 2.07 bits per heavy atom. The molecule has 28 heavy (non-hydrogen) atoms. The Morgan fingerprint density at radius 2 is 1.43 bits per heavy atom. The molecule has 0 N–H and O–H groups in total. The van der Waals surface area contributed by atoms with Gasteiger partial charge in [-0.15, -0.1) is 0 Å². The summed E-state index contributed by atoms with van der Waals surface area (Å²) in [5.74, 6) is 0.621. The smallest absolute Gasteiger partial charge is 0.0689 e. The van der Waals surface area contributed by atoms with E-state index < -0.39 is 0 Å². The quantitative estimate of drug-likeness (QED) is 0.406. The fourth-order valence-electron chi connectivity index (χ4n) is 4.74. The lowest BCUT2D eigenvalue weighted by Gasteiger charge is -2.35. The summed E-state index contributed by atoms with van der Waals surface area (Å²) in [5, 5.41) is 9.85. The van der Waals surface area contributed by atoms with Crippen LogP contribution in [-0.2, 0) is 0 Å². The Balaban J connectivity index is 1.50. The van der Waals surface area contributed by atoms with Crippen LogP contribution in [-0.4, -0.2) is 0 Å². The Hall–Kier alpha value is -2.07. The van der Waals surface area contributed by atoms with Crippen molar-refractivity contribution in [3.63, 3.8) is 0 Å². The Kier molecular flexibility index (Phi) is 7.72. The van der Waals surface area contributed by atoms with Gasteiger partial charge in [-0.05, 0) is 54.7 Å². The number of hydrogen-bond acceptors (Lipinski definition) is 1. The molecule has 0 spiro atoms. The van der Waals surface area contributed by atoms with Crippen LogP contribution >= 0.6 is 0 Å². The molecule has 2 aromatic rings. The van der Waals surface area contributed by atoms with E-state index in [-0.39, 0.29) is 5.41 Å². The first kappa shape index (κ1) is 20.7. The number of hydrogen-bond donors (Lipinski definition) is 0. The van der Waals surface area contributed by atoms with Gasteiger partial charge in [0.05, 0.1) is 11.5 Å². The Bertz CT molecular complexity index is 730. The van der Waals surface area contributed by atoms with Gasteiger partial charge < -0.3 is 0 Å². The highest BCUT2D eigenvalue weighted by atomic mass is 14.4. The third kappa shape index (κ3) is 5.48. The molecule has 1 aliphatic rings. The van der Waals surface area contributed by atoms with Crippen molar-refractivity contribution >= 4 is 0 Å². The van der Waals surface area contributed by atoms with Crippen LogP contribution in [0.1, 0.15) is 89.0 Å². The van der Waals surface area contributed by atoms with Gasteiger partial charge >= 0.3 is 0 Å². The predicted molar refractivity (Wildman–Crippen MR) is 119 cm³/mol. The number of nitrogens with zero attached hydrogens (tertiary/aromatic N) is 1. The average Bonchev–Trinajstić information content (AvgIpc) is 2.77. The van der Waals surface area contributed by atoms with Gasteiger partial charge in [0, 0.05) is 0 Å². The number of unbranched alkanes of at least 4 members (excludes halogenated alkanes) is 5. The summed E-state index contributed by atoms with van der Waals surface area (Å²) < 4.78 is 0. The van der Waals surface area contributed by atoms with Crippen molar-refractivity contribution in [2.24, 2.45) is 5.41 Å². The van der Waals surface area contributed by atoms with Gasteiger partial charge in [-0.3, -0.25) is 0 Å². The second-order valence-corrected chi connectivity index (χ2v) is 8.67. The molecule has 1 fully saturated rings. The normalized spacial score (nSPS) is 21.9. The highest BCUT2D eigenvalue weighted by Crippen LogP contribution is 2.45. The monoisotopic (exact) mass is 373 g/mol. The van der Waals surface area contributed by atoms with Crippen LogP contribution in [0.2, 0.25) is 0 Å². The molecular weight excluding hydrogens is 338 g/mol. The van der Waals surface area contributed by atoms with Gasteiger partial charge in [0.2, 0.25) is 0 Å². The molecule has 0 aliphatic heterocycles. The standard InChI is InChI=1S/C27H35N/c1-2-3-4-5-6-10-19-27(22-28)20-17-26(18-21-27)25-15-13-24(14-16-25)23-11-8-7-9-12-23/h7-9,11-16,26H,2-6,10,17-21H2,1H3. The fourth-order valence-corrected chi connectivity index (χ4v) is 4.74. The van der Waals surface area contributed by atoms with E-state index in [1.165, 1.54) is 55.2 Å². The summed E-state index contributed by atoms with van der Waals surface area (Å²) in [7, 11) is 0. The second-order valence-electron chi connectivity index (χ2n) is 8.67. The summed E-state index contributed by atoms with van der Waals surface area (Å²) in [4.78, 5) is 0. The summed E-state index contributed by atoms with van der Waals surface area (Å²) in [5.41, 5.74) is 3.96. The number of benzene rings is 2. The van der Waals surface area contributed by atoms with Gasteiger partial charge in [0.1, 0.15) is 0 Å². The maximum Gasteiger partial charge on any atom is 0.0689 e. The van der Waals surface area contributed by atoms with Crippen molar-refractivity contribution in [2.45, 2.75) is 83.5 Å². The molecule has 3 rings (SSSR count). The molecule has 148 valence electrons. The molecular formula is C27H35N. The maximum absolute atomic E-state index is 9.85. The van der Waals surface area contributed by atoms with E-state index in [0.717, 1.165) is 32.1 Å². The molecule has 1 saturated carbocycles. The van der Waals surface area contributed by atoms with E-state index in [1.807, 2.05) is 0 Å². The highest BCUT2D eigenvalue weighted by molar-refractivity contribution is 5.63. The number of rotatable bonds is 9. The maximum atomic E-state index is 9.85. The molecule has 0 saturated heterocycles. The minimum absolute atomic E-state index is 0.0504. The van der Waals surface area contributed by atoms with E-state index in [9.17, 15) is 5.26 Å². The van der Waals surface area contributed by atoms with Gasteiger partial charge in [0.15, 0.2) is 0 Å². The van der Waals surface area contributed by atoms with E-state index in [0.29, 0.717) is 5.92 Å². The van der Waals surface area contributed by atoms with Crippen molar-refractivity contribution in [3.8, 4) is 17.2 Å². The molecule has 0 heterocycles. The van der Waals surface area contributed by atoms with Crippen LogP contribution in [0.3, 0.4) is 0 Å². The molecule has 0 bridgehead atoms. The van der Waals surface area contributed by atoms with Gasteiger partial charge in [-0.1, -0.05) is 100 Å². The van der Waals surface area contributed by atoms with Crippen molar-refractivity contribution in [1.82, 2.24) is 0 Å². The lowest BCUT2D eigenvalue weighted by Crippen LogP contribution is -2.25. The van der Waals surface area contributed by atoms with Gasteiger partial charge in [0.25, 0.3) is 0 Å². The van der Waals surface area contributed by atoms with Gasteiger partial charge in [-0.25, -0.2) is 0 Å². The van der Waals surface area contributed by atoms with Crippen LogP contribution in [0.4, 0.5) is 0 Å². The van der Waals surface area contributed by atoms with Crippen molar-refractivity contribution in [2.75, 3.05) is 0 Å². The van der Waals surface area contributed by atoms with E-state index in [2.05, 4.69) is 67.6 Å². The Labute approximate surface area is 171 Å². The molecule has 0 amide bonds. The first-order valence-corrected chi connectivity index (χ1v) is 11.3. The largest absolute Gasteiger partial charge is 0.198 e. The summed E-state index contributed by atoms with van der Waals surface area (Å²) in [6, 6.07) is 22.4. The molecule has 2 aromatic carbocycles. The lowest BCUT2D eigenvalue weighted by molar-refractivity contribution is 0.223. The molecule has 0 unspecified atom stereocenters. The van der Waals surface area contributed by atoms with Crippen LogP contribution < -0.4 is 0 Å². The Morgan fingerprint density at radius 1 is 0.821 bits per heavy atom. The van der Waals surface area contributed by atoms with Crippen molar-refractivity contribution in [3.05, 3.63) is 60.2 Å². The third-order valence-electron chi connectivity index (χ3n) is 6.68. The zero-order valence-electron chi connectivity index (χ0n) is 17.5. The fraction of sp³-hybridized carbons (Fsp3) is 0.519. The van der Waals surface area contributed by atoms with Crippen LogP contribution in [0.5, 0.6) is 0 Å². The molecule has 0 radical (unpaired) electrons. The zero-order valence-corrected chi connectivity index (χ0v) is 17.5. The van der Waals surface area contributed by atoms with Crippen LogP contribution in [0.15, 0.2) is 54.6 Å². The van der Waals surface area contributed by atoms with E-state index in [4.69, 9.17) is 0 Å². The first-order chi connectivity index (χ1) is 13.8. The zero-order chi connectivity index (χ0) is 19.7. The minimum Gasteiger partial charge on any atom is -0.198 e. The molecule has 1 aliphatic carbocycles. The van der Waals surface area contributed by atoms with E-state index in [1.54, 1.807) is 0 Å². The van der Waals surface area contributed by atoms with Gasteiger partial charge in [-0.2, -0.15) is 5.26 Å². The average molecular weight is 374 g/mol. The van der Waals surface area contributed by atoms with Crippen LogP contribution in [0.25, 0.3) is 11.1 Å². The highest BCUT2D eigenvalue weighted by Gasteiger charge is 2.35.